The fraction of sp³-hybridized carbons (Fsp3) is 0.600. The van der Waals surface area contributed by atoms with Crippen LogP contribution in [0.2, 0.25) is 0 Å². The molecule has 0 unspecified atom stereocenters. The molecule has 0 aromatic heterocycles. The molecule has 1 aromatic rings. The molecule has 5 heteroatoms. The minimum Gasteiger partial charge on any atom is -0.493 e. The lowest BCUT2D eigenvalue weighted by Crippen LogP contribution is -2.21. The molecular weight excluding hydrogens is 322 g/mol. The van der Waals surface area contributed by atoms with Crippen molar-refractivity contribution in [3.63, 3.8) is 0 Å². The van der Waals surface area contributed by atoms with Gasteiger partial charge < -0.3 is 9.47 Å². The Morgan fingerprint density at radius 3 is 2.70 bits per heavy atom. The van der Waals surface area contributed by atoms with Gasteiger partial charge in [0.15, 0.2) is 11.5 Å². The van der Waals surface area contributed by atoms with Crippen LogP contribution in [0.3, 0.4) is 0 Å². The van der Waals surface area contributed by atoms with Crippen molar-refractivity contribution in [2.45, 2.75) is 45.3 Å². The van der Waals surface area contributed by atoms with Crippen LogP contribution >= 0.6 is 15.9 Å². The number of hydrogen-bond donors (Lipinski definition) is 1. The molecule has 0 aliphatic heterocycles. The molecule has 0 bridgehead atoms. The minimum absolute atomic E-state index is 0.364. The molecule has 1 fully saturated rings. The van der Waals surface area contributed by atoms with E-state index in [4.69, 9.17) is 14.3 Å². The van der Waals surface area contributed by atoms with Crippen molar-refractivity contribution in [3.05, 3.63) is 22.2 Å². The molecule has 1 aliphatic rings. The molecule has 0 amide bonds. The summed E-state index contributed by atoms with van der Waals surface area (Å²) in [6, 6.07) is 4.00. The molecule has 1 N–H and O–H groups in total. The van der Waals surface area contributed by atoms with E-state index in [-0.39, 0.29) is 0 Å². The Labute approximate surface area is 128 Å². The number of nitrogens with one attached hydrogen (secondary N) is 1. The van der Waals surface area contributed by atoms with E-state index in [2.05, 4.69) is 21.4 Å². The minimum atomic E-state index is 0.364. The van der Waals surface area contributed by atoms with Crippen LogP contribution in [0, 0.1) is 0 Å². The normalized spacial score (nSPS) is 15.6. The van der Waals surface area contributed by atoms with Crippen molar-refractivity contribution in [3.8, 4) is 11.5 Å². The predicted octanol–water partition coefficient (Wildman–Crippen LogP) is 3.82. The summed E-state index contributed by atoms with van der Waals surface area (Å²) in [5.41, 5.74) is 4.15. The highest BCUT2D eigenvalue weighted by molar-refractivity contribution is 9.10. The summed E-state index contributed by atoms with van der Waals surface area (Å²) in [6.45, 7) is 3.21. The number of halogens is 1. The molecule has 0 heterocycles. The van der Waals surface area contributed by atoms with Crippen molar-refractivity contribution < 1.29 is 14.3 Å². The summed E-state index contributed by atoms with van der Waals surface area (Å²) in [6.07, 6.45) is 5.22. The first-order chi connectivity index (χ1) is 9.74. The maximum atomic E-state index is 5.66. The van der Waals surface area contributed by atoms with E-state index in [9.17, 15) is 0 Å². The van der Waals surface area contributed by atoms with Gasteiger partial charge in [-0.3, -0.25) is 4.84 Å². The highest BCUT2D eigenvalue weighted by Crippen LogP contribution is 2.36. The van der Waals surface area contributed by atoms with E-state index in [0.29, 0.717) is 19.3 Å². The predicted molar refractivity (Wildman–Crippen MR) is 82.0 cm³/mol. The maximum Gasteiger partial charge on any atom is 0.175 e. The van der Waals surface area contributed by atoms with Gasteiger partial charge in [-0.05, 0) is 53.4 Å². The molecule has 0 radical (unpaired) electrons. The number of hydrogen-bond acceptors (Lipinski definition) is 4. The third-order valence-electron chi connectivity index (χ3n) is 3.41. The summed E-state index contributed by atoms with van der Waals surface area (Å²) in [5.74, 6) is 1.48. The van der Waals surface area contributed by atoms with Crippen LogP contribution in [0.15, 0.2) is 16.6 Å². The number of ether oxygens (including phenoxy) is 2. The van der Waals surface area contributed by atoms with E-state index < -0.39 is 0 Å². The monoisotopic (exact) mass is 343 g/mol. The van der Waals surface area contributed by atoms with Gasteiger partial charge in [0, 0.05) is 6.54 Å². The molecule has 1 aromatic carbocycles. The zero-order valence-corrected chi connectivity index (χ0v) is 13.7. The van der Waals surface area contributed by atoms with E-state index in [1.807, 2.05) is 19.1 Å². The second kappa shape index (κ2) is 7.86. The molecule has 4 nitrogen and oxygen atoms in total. The first kappa shape index (κ1) is 15.6. The zero-order chi connectivity index (χ0) is 14.4. The Bertz CT molecular complexity index is 433. The van der Waals surface area contributed by atoms with Gasteiger partial charge in [0.2, 0.25) is 0 Å². The van der Waals surface area contributed by atoms with Crippen molar-refractivity contribution >= 4 is 15.9 Å². The highest BCUT2D eigenvalue weighted by Gasteiger charge is 2.16. The first-order valence-electron chi connectivity index (χ1n) is 7.12. The first-order valence-corrected chi connectivity index (χ1v) is 7.91. The van der Waals surface area contributed by atoms with Gasteiger partial charge in [-0.1, -0.05) is 12.8 Å². The Morgan fingerprint density at radius 2 is 2.05 bits per heavy atom. The average molecular weight is 344 g/mol. The van der Waals surface area contributed by atoms with Crippen LogP contribution < -0.4 is 15.0 Å². The Kier molecular flexibility index (Phi) is 6.13. The molecule has 20 heavy (non-hydrogen) atoms. The summed E-state index contributed by atoms with van der Waals surface area (Å²) in [4.78, 5) is 5.66. The van der Waals surface area contributed by atoms with Gasteiger partial charge in [-0.15, -0.1) is 0 Å². The number of methoxy groups -OCH3 is 1. The van der Waals surface area contributed by atoms with E-state index >= 15 is 0 Å². The lowest BCUT2D eigenvalue weighted by atomic mass is 10.2. The topological polar surface area (TPSA) is 39.7 Å². The maximum absolute atomic E-state index is 5.66. The number of rotatable bonds is 7. The van der Waals surface area contributed by atoms with Crippen LogP contribution in [-0.2, 0) is 11.4 Å². The Morgan fingerprint density at radius 1 is 1.30 bits per heavy atom. The van der Waals surface area contributed by atoms with Crippen molar-refractivity contribution in [1.82, 2.24) is 5.48 Å². The molecule has 1 aliphatic carbocycles. The fourth-order valence-electron chi connectivity index (χ4n) is 2.41. The molecule has 0 saturated heterocycles. The second-order valence-corrected chi connectivity index (χ2v) is 5.74. The molecule has 112 valence electrons. The van der Waals surface area contributed by atoms with E-state index in [1.165, 1.54) is 12.8 Å². The smallest absolute Gasteiger partial charge is 0.175 e. The van der Waals surface area contributed by atoms with Gasteiger partial charge >= 0.3 is 0 Å². The molecule has 1 saturated carbocycles. The van der Waals surface area contributed by atoms with Gasteiger partial charge in [0.1, 0.15) is 0 Å². The second-order valence-electron chi connectivity index (χ2n) is 4.89. The van der Waals surface area contributed by atoms with E-state index in [1.54, 1.807) is 7.11 Å². The van der Waals surface area contributed by atoms with Crippen LogP contribution in [0.25, 0.3) is 0 Å². The lowest BCUT2D eigenvalue weighted by molar-refractivity contribution is -0.0244. The molecule has 2 rings (SSSR count). The summed E-state index contributed by atoms with van der Waals surface area (Å²) in [5, 5.41) is 0. The SMILES string of the molecule is CCOc1c(Br)cc(CNOC2CCCC2)cc1OC. The number of hydroxylamine groups is 1. The quantitative estimate of drug-likeness (QED) is 0.764. The van der Waals surface area contributed by atoms with Crippen LogP contribution in [-0.4, -0.2) is 19.8 Å². The van der Waals surface area contributed by atoms with Gasteiger partial charge in [0.25, 0.3) is 0 Å². The van der Waals surface area contributed by atoms with Crippen LogP contribution in [0.5, 0.6) is 11.5 Å². The average Bonchev–Trinajstić information content (AvgIpc) is 2.94. The van der Waals surface area contributed by atoms with Gasteiger partial charge in [-0.2, -0.15) is 5.48 Å². The molecule has 0 atom stereocenters. The van der Waals surface area contributed by atoms with Crippen LogP contribution in [0.1, 0.15) is 38.2 Å². The molecule has 0 spiro atoms. The van der Waals surface area contributed by atoms with Crippen LogP contribution in [0.4, 0.5) is 0 Å². The lowest BCUT2D eigenvalue weighted by Gasteiger charge is -2.15. The Balaban J connectivity index is 1.95. The zero-order valence-electron chi connectivity index (χ0n) is 12.1. The van der Waals surface area contributed by atoms with Crippen molar-refractivity contribution in [2.75, 3.05) is 13.7 Å². The van der Waals surface area contributed by atoms with Crippen molar-refractivity contribution in [1.29, 1.82) is 0 Å². The fourth-order valence-corrected chi connectivity index (χ4v) is 3.01. The largest absolute Gasteiger partial charge is 0.493 e. The molecular formula is C15H22BrNO3. The standard InChI is InChI=1S/C15H22BrNO3/c1-3-19-15-13(16)8-11(9-14(15)18-2)10-17-20-12-6-4-5-7-12/h8-9,12,17H,3-7,10H2,1-2H3. The Hall–Kier alpha value is -0.780. The summed E-state index contributed by atoms with van der Waals surface area (Å²) in [7, 11) is 1.65. The summed E-state index contributed by atoms with van der Waals surface area (Å²) >= 11 is 3.52. The van der Waals surface area contributed by atoms with Gasteiger partial charge in [0.05, 0.1) is 24.3 Å². The van der Waals surface area contributed by atoms with Crippen molar-refractivity contribution in [2.24, 2.45) is 0 Å². The summed E-state index contributed by atoms with van der Waals surface area (Å²) < 4.78 is 11.9. The van der Waals surface area contributed by atoms with Gasteiger partial charge in [-0.25, -0.2) is 0 Å². The third-order valence-corrected chi connectivity index (χ3v) is 4.00. The highest BCUT2D eigenvalue weighted by atomic mass is 79.9. The number of benzene rings is 1. The van der Waals surface area contributed by atoms with E-state index in [0.717, 1.165) is 34.4 Å². The third kappa shape index (κ3) is 4.11.